The molecule has 1 saturated carbocycles. The van der Waals surface area contributed by atoms with E-state index in [1.54, 1.807) is 35.6 Å². The molecule has 1 aromatic heterocycles. The summed E-state index contributed by atoms with van der Waals surface area (Å²) in [5.41, 5.74) is 1.05. The van der Waals surface area contributed by atoms with Crippen molar-refractivity contribution < 1.29 is 13.2 Å². The first-order chi connectivity index (χ1) is 13.0. The number of hydrogen-bond acceptors (Lipinski definition) is 5. The molecule has 1 N–H and O–H groups in total. The normalized spacial score (nSPS) is 16.0. The highest BCUT2D eigenvalue weighted by atomic mass is 32.2. The van der Waals surface area contributed by atoms with Gasteiger partial charge >= 0.3 is 0 Å². The van der Waals surface area contributed by atoms with Crippen molar-refractivity contribution in [1.82, 2.24) is 5.32 Å². The smallest absolute Gasteiger partial charge is 0.235 e. The van der Waals surface area contributed by atoms with Crippen molar-refractivity contribution in [3.8, 4) is 6.07 Å². The lowest BCUT2D eigenvalue weighted by Gasteiger charge is -2.23. The second-order valence-corrected chi connectivity index (χ2v) is 9.99. The van der Waals surface area contributed by atoms with E-state index in [0.717, 1.165) is 30.6 Å². The van der Waals surface area contributed by atoms with Crippen molar-refractivity contribution in [3.63, 3.8) is 0 Å². The van der Waals surface area contributed by atoms with Gasteiger partial charge in [-0.05, 0) is 47.9 Å². The lowest BCUT2D eigenvalue weighted by Crippen LogP contribution is -2.36. The minimum Gasteiger partial charge on any atom is -0.347 e. The van der Waals surface area contributed by atoms with E-state index in [-0.39, 0.29) is 11.8 Å². The molecule has 0 saturated heterocycles. The molecule has 0 unspecified atom stereocenters. The number of carbonyl (C=O) groups is 1. The quantitative estimate of drug-likeness (QED) is 0.767. The van der Waals surface area contributed by atoms with Gasteiger partial charge in [0.2, 0.25) is 5.91 Å². The molecule has 1 heterocycles. The number of rotatable bonds is 7. The third-order valence-electron chi connectivity index (χ3n) is 4.86. The van der Waals surface area contributed by atoms with Gasteiger partial charge in [-0.15, -0.1) is 11.3 Å². The van der Waals surface area contributed by atoms with E-state index >= 15 is 0 Å². The van der Waals surface area contributed by atoms with E-state index in [4.69, 9.17) is 5.26 Å². The van der Waals surface area contributed by atoms with Crippen LogP contribution in [0.1, 0.15) is 47.7 Å². The lowest BCUT2D eigenvalue weighted by atomic mass is 9.97. The summed E-state index contributed by atoms with van der Waals surface area (Å²) >= 11 is 1.59. The molecule has 1 atom stereocenters. The molecule has 1 aliphatic rings. The molecule has 1 aliphatic carbocycles. The first-order valence-corrected chi connectivity index (χ1v) is 11.7. The molecule has 7 heteroatoms. The fraction of sp³-hybridized carbons (Fsp3) is 0.400. The predicted octanol–water partition coefficient (Wildman–Crippen LogP) is 3.58. The van der Waals surface area contributed by atoms with Crippen LogP contribution < -0.4 is 5.32 Å². The van der Waals surface area contributed by atoms with Gasteiger partial charge in [0, 0.05) is 4.88 Å². The first-order valence-electron chi connectivity index (χ1n) is 8.99. The summed E-state index contributed by atoms with van der Waals surface area (Å²) in [6.07, 6.45) is 4.42. The maximum atomic E-state index is 12.5. The number of carbonyl (C=O) groups excluding carboxylic acids is 1. The molecule has 0 spiro atoms. The summed E-state index contributed by atoms with van der Waals surface area (Å²) in [5, 5.41) is 13.8. The minimum absolute atomic E-state index is 0.106. The van der Waals surface area contributed by atoms with Crippen LogP contribution in [0.3, 0.4) is 0 Å². The number of benzene rings is 1. The molecule has 27 heavy (non-hydrogen) atoms. The Labute approximate surface area is 164 Å². The topological polar surface area (TPSA) is 87.0 Å². The van der Waals surface area contributed by atoms with Crippen LogP contribution in [0.15, 0.2) is 41.8 Å². The molecule has 1 amide bonds. The zero-order valence-electron chi connectivity index (χ0n) is 14.9. The van der Waals surface area contributed by atoms with Gasteiger partial charge in [0.1, 0.15) is 5.75 Å². The fourth-order valence-electron chi connectivity index (χ4n) is 3.58. The third kappa shape index (κ3) is 5.41. The number of nitrogens with zero attached hydrogens (tertiary/aromatic N) is 1. The minimum atomic E-state index is -3.58. The molecular weight excluding hydrogens is 380 g/mol. The summed E-state index contributed by atoms with van der Waals surface area (Å²) in [6.45, 7) is 0. The molecule has 0 radical (unpaired) electrons. The largest absolute Gasteiger partial charge is 0.347 e. The molecule has 0 aliphatic heterocycles. The number of amides is 1. The zero-order valence-corrected chi connectivity index (χ0v) is 16.6. The van der Waals surface area contributed by atoms with Gasteiger partial charge in [0.15, 0.2) is 9.84 Å². The first kappa shape index (κ1) is 19.6. The van der Waals surface area contributed by atoms with E-state index < -0.39 is 21.5 Å². The van der Waals surface area contributed by atoms with Crippen molar-refractivity contribution in [3.05, 3.63) is 57.8 Å². The Morgan fingerprint density at radius 2 is 1.93 bits per heavy atom. The highest BCUT2D eigenvalue weighted by Gasteiger charge is 2.29. The van der Waals surface area contributed by atoms with Gasteiger partial charge in [-0.1, -0.05) is 31.0 Å². The lowest BCUT2D eigenvalue weighted by molar-refractivity contribution is -0.119. The van der Waals surface area contributed by atoms with Crippen molar-refractivity contribution in [2.75, 3.05) is 5.75 Å². The SMILES string of the molecule is N#Cc1ccc(CS(=O)(=O)CC(=O)N[C@H](c2cccs2)C2CCCC2)cc1. The van der Waals surface area contributed by atoms with E-state index in [2.05, 4.69) is 5.32 Å². The van der Waals surface area contributed by atoms with Crippen LogP contribution in [-0.4, -0.2) is 20.1 Å². The highest BCUT2D eigenvalue weighted by Crippen LogP contribution is 2.37. The number of nitriles is 1. The number of hydrogen-bond donors (Lipinski definition) is 1. The van der Waals surface area contributed by atoms with E-state index in [9.17, 15) is 13.2 Å². The van der Waals surface area contributed by atoms with Gasteiger partial charge in [0.25, 0.3) is 0 Å². The van der Waals surface area contributed by atoms with E-state index in [1.165, 1.54) is 0 Å². The Balaban J connectivity index is 1.64. The predicted molar refractivity (Wildman–Crippen MR) is 106 cm³/mol. The monoisotopic (exact) mass is 402 g/mol. The van der Waals surface area contributed by atoms with Crippen LogP contribution in [-0.2, 0) is 20.4 Å². The van der Waals surface area contributed by atoms with Crippen LogP contribution in [0.2, 0.25) is 0 Å². The van der Waals surface area contributed by atoms with E-state index in [0.29, 0.717) is 17.0 Å². The highest BCUT2D eigenvalue weighted by molar-refractivity contribution is 7.91. The van der Waals surface area contributed by atoms with Crippen molar-refractivity contribution in [2.45, 2.75) is 37.5 Å². The maximum Gasteiger partial charge on any atom is 0.235 e. The van der Waals surface area contributed by atoms with Gasteiger partial charge in [-0.3, -0.25) is 4.79 Å². The summed E-state index contributed by atoms with van der Waals surface area (Å²) in [4.78, 5) is 13.6. The summed E-state index contributed by atoms with van der Waals surface area (Å²) in [5.74, 6) is -0.816. The van der Waals surface area contributed by atoms with Gasteiger partial charge in [-0.2, -0.15) is 5.26 Å². The molecule has 1 aromatic carbocycles. The Hall–Kier alpha value is -2.17. The fourth-order valence-corrected chi connectivity index (χ4v) is 5.73. The molecule has 5 nitrogen and oxygen atoms in total. The average molecular weight is 403 g/mol. The standard InChI is InChI=1S/C20H22N2O3S2/c21-12-15-7-9-16(10-8-15)13-27(24,25)14-19(23)22-20(17-4-1-2-5-17)18-6-3-11-26-18/h3,6-11,17,20H,1-2,4-5,13-14H2,(H,22,23)/t20-/m0/s1. The second kappa shape index (κ2) is 8.68. The van der Waals surface area contributed by atoms with Crippen LogP contribution >= 0.6 is 11.3 Å². The summed E-state index contributed by atoms with van der Waals surface area (Å²) < 4.78 is 24.9. The average Bonchev–Trinajstić information content (AvgIpc) is 3.33. The number of thiophene rings is 1. The molecular formula is C20H22N2O3S2. The zero-order chi connectivity index (χ0) is 19.3. The van der Waals surface area contributed by atoms with E-state index in [1.807, 2.05) is 23.6 Å². The molecule has 1 fully saturated rings. The van der Waals surface area contributed by atoms with Crippen LogP contribution in [0.5, 0.6) is 0 Å². The van der Waals surface area contributed by atoms with Crippen LogP contribution in [0.4, 0.5) is 0 Å². The number of nitrogens with one attached hydrogen (secondary N) is 1. The van der Waals surface area contributed by atoms with Gasteiger partial charge < -0.3 is 5.32 Å². The molecule has 3 rings (SSSR count). The van der Waals surface area contributed by atoms with Crippen molar-refractivity contribution in [1.29, 1.82) is 5.26 Å². The van der Waals surface area contributed by atoms with Crippen molar-refractivity contribution >= 4 is 27.1 Å². The van der Waals surface area contributed by atoms with Crippen molar-refractivity contribution in [2.24, 2.45) is 5.92 Å². The summed E-state index contributed by atoms with van der Waals surface area (Å²) in [7, 11) is -3.58. The summed E-state index contributed by atoms with van der Waals surface area (Å²) in [6, 6.07) is 12.2. The van der Waals surface area contributed by atoms with Gasteiger partial charge in [0.05, 0.1) is 23.4 Å². The molecule has 0 bridgehead atoms. The Bertz CT molecular complexity index is 907. The van der Waals surface area contributed by atoms with Gasteiger partial charge in [-0.25, -0.2) is 8.42 Å². The Kier molecular flexibility index (Phi) is 6.30. The molecule has 142 valence electrons. The Morgan fingerprint density at radius 3 is 2.52 bits per heavy atom. The van der Waals surface area contributed by atoms with Crippen LogP contribution in [0, 0.1) is 17.2 Å². The molecule has 2 aromatic rings. The number of sulfone groups is 1. The maximum absolute atomic E-state index is 12.5. The second-order valence-electron chi connectivity index (χ2n) is 6.95. The third-order valence-corrected chi connectivity index (χ3v) is 7.29. The van der Waals surface area contributed by atoms with Crippen LogP contribution in [0.25, 0.3) is 0 Å². The Morgan fingerprint density at radius 1 is 1.22 bits per heavy atom.